The maximum Gasteiger partial charge on any atom is 0.152 e. The molecule has 39 heavy (non-hydrogen) atoms. The molecule has 4 aliphatic rings. The normalized spacial score (nSPS) is 29.2. The first-order chi connectivity index (χ1) is 18.9. The molecule has 208 valence electrons. The number of anilines is 1. The summed E-state index contributed by atoms with van der Waals surface area (Å²) < 4.78 is 38.5. The number of fused-ring (bicyclic) bond motifs is 2. The number of benzene rings is 1. The molecule has 2 aromatic heterocycles. The third-order valence-electron chi connectivity index (χ3n) is 9.33. The third-order valence-corrected chi connectivity index (χ3v) is 10.9. The molecule has 1 aliphatic carbocycles. The monoisotopic (exact) mass is 551 g/mol. The Bertz CT molecular complexity index is 1460. The van der Waals surface area contributed by atoms with Crippen molar-refractivity contribution in [1.82, 2.24) is 19.4 Å². The third kappa shape index (κ3) is 4.80. The Morgan fingerprint density at radius 2 is 1.74 bits per heavy atom. The van der Waals surface area contributed by atoms with Gasteiger partial charge in [-0.25, -0.2) is 18.4 Å². The van der Waals surface area contributed by atoms with Crippen molar-refractivity contribution in [1.29, 1.82) is 0 Å². The van der Waals surface area contributed by atoms with Crippen LogP contribution in [0.25, 0.3) is 22.2 Å². The largest absolute Gasteiger partial charge is 0.487 e. The second-order valence-electron chi connectivity index (χ2n) is 11.6. The number of hydrogen-bond donors (Lipinski definition) is 1. The fraction of sp³-hybridized carbons (Fsp3) is 0.586. The van der Waals surface area contributed by atoms with E-state index in [1.807, 2.05) is 0 Å². The first-order valence-electron chi connectivity index (χ1n) is 14.4. The van der Waals surface area contributed by atoms with E-state index in [1.165, 1.54) is 5.56 Å². The van der Waals surface area contributed by atoms with E-state index in [0.29, 0.717) is 31.0 Å². The van der Waals surface area contributed by atoms with Crippen LogP contribution in [0.4, 0.5) is 5.82 Å². The summed E-state index contributed by atoms with van der Waals surface area (Å²) in [6.07, 6.45) is 12.4. The number of sulfone groups is 1. The van der Waals surface area contributed by atoms with Crippen LogP contribution in [-0.2, 0) is 21.0 Å². The zero-order valence-electron chi connectivity index (χ0n) is 22.3. The predicted octanol–water partition coefficient (Wildman–Crippen LogP) is 3.77. The molecule has 2 saturated heterocycles. The highest BCUT2D eigenvalue weighted by molar-refractivity contribution is 7.91. The van der Waals surface area contributed by atoms with Gasteiger partial charge in [0.15, 0.2) is 9.84 Å². The Hall–Kier alpha value is -2.69. The molecule has 7 rings (SSSR count). The number of hydrogen-bond acceptors (Lipinski definition) is 8. The topological polar surface area (TPSA) is 113 Å². The van der Waals surface area contributed by atoms with E-state index in [9.17, 15) is 8.42 Å². The second kappa shape index (κ2) is 10.1. The van der Waals surface area contributed by atoms with Crippen LogP contribution in [0.3, 0.4) is 0 Å². The fourth-order valence-electron chi connectivity index (χ4n) is 7.11. The van der Waals surface area contributed by atoms with Crippen molar-refractivity contribution in [3.05, 3.63) is 36.3 Å². The first kappa shape index (κ1) is 25.3. The molecular formula is C29H37N5O4S. The average Bonchev–Trinajstić information content (AvgIpc) is 3.62. The minimum absolute atomic E-state index is 0.111. The Labute approximate surface area is 229 Å². The highest BCUT2D eigenvalue weighted by atomic mass is 32.2. The summed E-state index contributed by atoms with van der Waals surface area (Å²) in [5.41, 5.74) is 10.7. The predicted molar refractivity (Wildman–Crippen MR) is 151 cm³/mol. The van der Waals surface area contributed by atoms with Crippen LogP contribution in [0.2, 0.25) is 0 Å². The van der Waals surface area contributed by atoms with E-state index in [-0.39, 0.29) is 23.7 Å². The van der Waals surface area contributed by atoms with Gasteiger partial charge in [-0.1, -0.05) is 12.1 Å². The van der Waals surface area contributed by atoms with Crippen molar-refractivity contribution in [3.63, 3.8) is 0 Å². The van der Waals surface area contributed by atoms with Gasteiger partial charge < -0.3 is 19.8 Å². The molecule has 1 saturated carbocycles. The molecule has 10 heteroatoms. The standard InChI is InChI=1S/C29H37N5O4S/c30-28-27-23(20-4-3-19-5-10-25(38-26(19)16-20)24-2-1-13-37-24)17-34(29(27)32-18-31-28)22-8-6-21(7-9-22)33-11-14-39(35,36)15-12-33/h3-4,16-18,21-22,24-25H,1-2,5-15H2,(H2,30,31,32). The number of aryl methyl sites for hydroxylation is 1. The average molecular weight is 552 g/mol. The van der Waals surface area contributed by atoms with Gasteiger partial charge >= 0.3 is 0 Å². The van der Waals surface area contributed by atoms with Crippen LogP contribution < -0.4 is 10.5 Å². The molecule has 3 fully saturated rings. The number of nitrogens with two attached hydrogens (primary N) is 1. The van der Waals surface area contributed by atoms with Gasteiger partial charge in [0.05, 0.1) is 23.0 Å². The maximum atomic E-state index is 11.9. The Morgan fingerprint density at radius 1 is 0.949 bits per heavy atom. The number of nitrogen functional groups attached to an aromatic ring is 1. The van der Waals surface area contributed by atoms with E-state index in [0.717, 1.165) is 85.9 Å². The van der Waals surface area contributed by atoms with Crippen molar-refractivity contribution in [2.45, 2.75) is 75.7 Å². The molecule has 5 heterocycles. The van der Waals surface area contributed by atoms with Gasteiger partial charge in [0, 0.05) is 43.5 Å². The van der Waals surface area contributed by atoms with Gasteiger partial charge in [0.2, 0.25) is 0 Å². The summed E-state index contributed by atoms with van der Waals surface area (Å²) in [6.45, 7) is 2.15. The van der Waals surface area contributed by atoms with Gasteiger partial charge in [0.25, 0.3) is 0 Å². The van der Waals surface area contributed by atoms with E-state index in [1.54, 1.807) is 6.33 Å². The molecule has 2 atom stereocenters. The lowest BCUT2D eigenvalue weighted by molar-refractivity contribution is 0.00284. The molecule has 0 bridgehead atoms. The van der Waals surface area contributed by atoms with Crippen molar-refractivity contribution >= 4 is 26.7 Å². The minimum Gasteiger partial charge on any atom is -0.487 e. The lowest BCUT2D eigenvalue weighted by Gasteiger charge is -2.39. The van der Waals surface area contributed by atoms with Crippen molar-refractivity contribution < 1.29 is 17.9 Å². The molecule has 0 amide bonds. The van der Waals surface area contributed by atoms with Gasteiger partial charge in [-0.15, -0.1) is 0 Å². The molecule has 1 aromatic carbocycles. The molecule has 3 aromatic rings. The quantitative estimate of drug-likeness (QED) is 0.522. The molecule has 0 radical (unpaired) electrons. The lowest BCUT2D eigenvalue weighted by Crippen LogP contribution is -2.47. The lowest BCUT2D eigenvalue weighted by atomic mass is 9.90. The maximum absolute atomic E-state index is 11.9. The zero-order chi connectivity index (χ0) is 26.6. The van der Waals surface area contributed by atoms with E-state index in [4.69, 9.17) is 15.2 Å². The fourth-order valence-corrected chi connectivity index (χ4v) is 8.34. The van der Waals surface area contributed by atoms with E-state index >= 15 is 0 Å². The van der Waals surface area contributed by atoms with Crippen LogP contribution in [0.15, 0.2) is 30.7 Å². The SMILES string of the molecule is Nc1ncnc2c1c(-c1ccc3c(c1)OC(C1CCCO1)CC3)cn2C1CCC(N2CCS(=O)(=O)CC2)CC1. The summed E-state index contributed by atoms with van der Waals surface area (Å²) in [5.74, 6) is 2.01. The van der Waals surface area contributed by atoms with Crippen LogP contribution in [0, 0.1) is 0 Å². The zero-order valence-corrected chi connectivity index (χ0v) is 23.1. The molecule has 0 spiro atoms. The summed E-state index contributed by atoms with van der Waals surface area (Å²) >= 11 is 0. The number of ether oxygens (including phenoxy) is 2. The van der Waals surface area contributed by atoms with Crippen LogP contribution in [-0.4, -0.2) is 77.3 Å². The Balaban J connectivity index is 1.15. The van der Waals surface area contributed by atoms with E-state index < -0.39 is 9.84 Å². The van der Waals surface area contributed by atoms with Crippen LogP contribution in [0.1, 0.15) is 56.6 Å². The molecule has 2 unspecified atom stereocenters. The Kier molecular flexibility index (Phi) is 6.52. The number of aromatic nitrogens is 3. The van der Waals surface area contributed by atoms with Crippen LogP contribution >= 0.6 is 0 Å². The number of rotatable bonds is 4. The van der Waals surface area contributed by atoms with Crippen molar-refractivity contribution in [3.8, 4) is 16.9 Å². The molecular weight excluding hydrogens is 514 g/mol. The van der Waals surface area contributed by atoms with Crippen molar-refractivity contribution in [2.24, 2.45) is 0 Å². The smallest absolute Gasteiger partial charge is 0.152 e. The van der Waals surface area contributed by atoms with Gasteiger partial charge in [0.1, 0.15) is 29.6 Å². The summed E-state index contributed by atoms with van der Waals surface area (Å²) in [7, 11) is -2.86. The van der Waals surface area contributed by atoms with Crippen molar-refractivity contribution in [2.75, 3.05) is 36.9 Å². The van der Waals surface area contributed by atoms with Crippen LogP contribution in [0.5, 0.6) is 5.75 Å². The van der Waals surface area contributed by atoms with Gasteiger partial charge in [-0.05, 0) is 68.6 Å². The summed E-state index contributed by atoms with van der Waals surface area (Å²) in [4.78, 5) is 11.4. The minimum atomic E-state index is -2.86. The number of nitrogens with zero attached hydrogens (tertiary/aromatic N) is 4. The van der Waals surface area contributed by atoms with Gasteiger partial charge in [-0.2, -0.15) is 0 Å². The highest BCUT2D eigenvalue weighted by Gasteiger charge is 2.33. The Morgan fingerprint density at radius 3 is 2.51 bits per heavy atom. The second-order valence-corrected chi connectivity index (χ2v) is 13.9. The molecule has 9 nitrogen and oxygen atoms in total. The summed E-state index contributed by atoms with van der Waals surface area (Å²) in [5, 5.41) is 0.896. The highest BCUT2D eigenvalue weighted by Crippen LogP contribution is 2.41. The van der Waals surface area contributed by atoms with E-state index in [2.05, 4.69) is 43.8 Å². The summed E-state index contributed by atoms with van der Waals surface area (Å²) in [6, 6.07) is 7.28. The molecule has 3 aliphatic heterocycles. The molecule has 2 N–H and O–H groups in total. The first-order valence-corrected chi connectivity index (χ1v) is 16.2. The van der Waals surface area contributed by atoms with Gasteiger partial charge in [-0.3, -0.25) is 4.90 Å².